The number of rotatable bonds is 4. The molecule has 3 rings (SSSR count). The second-order valence-corrected chi connectivity index (χ2v) is 5.71. The van der Waals surface area contributed by atoms with Crippen LogP contribution in [-0.4, -0.2) is 10.9 Å². The van der Waals surface area contributed by atoms with E-state index in [-0.39, 0.29) is 16.9 Å². The van der Waals surface area contributed by atoms with Crippen LogP contribution in [0.5, 0.6) is 0 Å². The highest BCUT2D eigenvalue weighted by molar-refractivity contribution is 6.04. The number of nitrogens with one attached hydrogen (secondary N) is 2. The fourth-order valence-corrected chi connectivity index (χ4v) is 2.34. The summed E-state index contributed by atoms with van der Waals surface area (Å²) < 4.78 is 65.1. The van der Waals surface area contributed by atoms with Crippen LogP contribution in [0.4, 0.5) is 39.0 Å². The molecule has 0 aliphatic heterocycles. The quantitative estimate of drug-likeness (QED) is 0.586. The Labute approximate surface area is 156 Å². The van der Waals surface area contributed by atoms with Crippen LogP contribution in [-0.2, 0) is 6.18 Å². The first-order chi connectivity index (χ1) is 13.2. The van der Waals surface area contributed by atoms with E-state index in [1.807, 2.05) is 0 Å². The first-order valence-corrected chi connectivity index (χ1v) is 7.89. The van der Waals surface area contributed by atoms with Crippen molar-refractivity contribution in [1.82, 2.24) is 4.98 Å². The predicted octanol–water partition coefficient (Wildman–Crippen LogP) is 5.37. The lowest BCUT2D eigenvalue weighted by molar-refractivity contribution is -0.137. The summed E-state index contributed by atoms with van der Waals surface area (Å²) >= 11 is 0. The van der Waals surface area contributed by atoms with Crippen LogP contribution in [0.25, 0.3) is 0 Å². The minimum Gasteiger partial charge on any atom is -0.349 e. The van der Waals surface area contributed by atoms with Crippen LogP contribution in [0.1, 0.15) is 15.9 Å². The van der Waals surface area contributed by atoms with E-state index >= 15 is 0 Å². The molecule has 4 nitrogen and oxygen atoms in total. The molecule has 1 aromatic heterocycles. The van der Waals surface area contributed by atoms with Crippen molar-refractivity contribution in [3.63, 3.8) is 0 Å². The zero-order chi connectivity index (χ0) is 20.3. The Morgan fingerprint density at radius 1 is 0.893 bits per heavy atom. The van der Waals surface area contributed by atoms with E-state index in [4.69, 9.17) is 0 Å². The van der Waals surface area contributed by atoms with Crippen LogP contribution in [0.15, 0.2) is 60.9 Å². The summed E-state index contributed by atoms with van der Waals surface area (Å²) in [5, 5.41) is 4.93. The Morgan fingerprint density at radius 3 is 2.14 bits per heavy atom. The average molecular weight is 393 g/mol. The Balaban J connectivity index is 1.75. The Kier molecular flexibility index (Phi) is 5.25. The van der Waals surface area contributed by atoms with Gasteiger partial charge in [-0.1, -0.05) is 6.07 Å². The number of para-hydroxylation sites is 1. The fraction of sp³-hybridized carbons (Fsp3) is 0.0526. The molecule has 0 aliphatic rings. The van der Waals surface area contributed by atoms with Gasteiger partial charge >= 0.3 is 6.18 Å². The molecule has 1 heterocycles. The van der Waals surface area contributed by atoms with Crippen molar-refractivity contribution < 1.29 is 26.7 Å². The number of carbonyl (C=O) groups excluding carboxylic acids is 1. The number of halogens is 5. The number of alkyl halides is 3. The van der Waals surface area contributed by atoms with E-state index in [1.165, 1.54) is 24.5 Å². The van der Waals surface area contributed by atoms with Crippen molar-refractivity contribution in [1.29, 1.82) is 0 Å². The number of anilines is 3. The molecule has 0 saturated carbocycles. The minimum absolute atomic E-state index is 0.0432. The van der Waals surface area contributed by atoms with Gasteiger partial charge in [-0.25, -0.2) is 8.78 Å². The third-order valence-corrected chi connectivity index (χ3v) is 3.70. The van der Waals surface area contributed by atoms with E-state index in [0.29, 0.717) is 0 Å². The summed E-state index contributed by atoms with van der Waals surface area (Å²) in [6.45, 7) is 0. The molecule has 2 aromatic carbocycles. The smallest absolute Gasteiger partial charge is 0.349 e. The molecule has 0 bridgehead atoms. The molecule has 0 fully saturated rings. The summed E-state index contributed by atoms with van der Waals surface area (Å²) in [7, 11) is 0. The van der Waals surface area contributed by atoms with Gasteiger partial charge in [0.05, 0.1) is 23.0 Å². The molecule has 1 amide bonds. The van der Waals surface area contributed by atoms with Gasteiger partial charge in [0.15, 0.2) is 0 Å². The van der Waals surface area contributed by atoms with Gasteiger partial charge in [0.1, 0.15) is 17.3 Å². The van der Waals surface area contributed by atoms with E-state index in [0.717, 1.165) is 36.4 Å². The van der Waals surface area contributed by atoms with Crippen molar-refractivity contribution in [2.75, 3.05) is 10.6 Å². The van der Waals surface area contributed by atoms with Gasteiger partial charge in [0, 0.05) is 11.9 Å². The molecule has 0 unspecified atom stereocenters. The number of carbonyl (C=O) groups is 1. The topological polar surface area (TPSA) is 54.0 Å². The number of hydrogen-bond donors (Lipinski definition) is 2. The summed E-state index contributed by atoms with van der Waals surface area (Å²) in [5.41, 5.74) is -0.892. The fourth-order valence-electron chi connectivity index (χ4n) is 2.34. The average Bonchev–Trinajstić information content (AvgIpc) is 2.65. The van der Waals surface area contributed by atoms with Crippen LogP contribution in [0, 0.1) is 11.6 Å². The van der Waals surface area contributed by atoms with Gasteiger partial charge in [-0.3, -0.25) is 9.78 Å². The number of nitrogens with zero attached hydrogens (tertiary/aromatic N) is 1. The van der Waals surface area contributed by atoms with E-state index in [2.05, 4.69) is 15.6 Å². The van der Waals surface area contributed by atoms with Gasteiger partial charge in [0.25, 0.3) is 5.91 Å². The highest BCUT2D eigenvalue weighted by Gasteiger charge is 2.30. The number of amides is 1. The number of hydrogen-bond acceptors (Lipinski definition) is 3. The molecule has 0 radical (unpaired) electrons. The molecule has 28 heavy (non-hydrogen) atoms. The van der Waals surface area contributed by atoms with Crippen molar-refractivity contribution >= 4 is 23.0 Å². The zero-order valence-electron chi connectivity index (χ0n) is 14.0. The summed E-state index contributed by atoms with van der Waals surface area (Å²) in [6.07, 6.45) is -2.00. The van der Waals surface area contributed by atoms with E-state index in [9.17, 15) is 26.7 Å². The summed E-state index contributed by atoms with van der Waals surface area (Å²) in [5.74, 6) is -2.29. The lowest BCUT2D eigenvalue weighted by Gasteiger charge is -2.11. The molecule has 9 heteroatoms. The first-order valence-electron chi connectivity index (χ1n) is 7.89. The molecule has 3 aromatic rings. The maximum Gasteiger partial charge on any atom is 0.416 e. The molecular formula is C19H12F5N3O. The maximum absolute atomic E-state index is 13.7. The Hall–Kier alpha value is -3.49. The van der Waals surface area contributed by atoms with Gasteiger partial charge < -0.3 is 10.6 Å². The van der Waals surface area contributed by atoms with Crippen molar-refractivity contribution in [2.45, 2.75) is 6.18 Å². The first kappa shape index (κ1) is 19.3. The normalized spacial score (nSPS) is 11.2. The molecule has 0 atom stereocenters. The van der Waals surface area contributed by atoms with Gasteiger partial charge in [-0.2, -0.15) is 13.2 Å². The Bertz CT molecular complexity index is 983. The van der Waals surface area contributed by atoms with Crippen molar-refractivity contribution in [3.8, 4) is 0 Å². The third kappa shape index (κ3) is 4.43. The van der Waals surface area contributed by atoms with Gasteiger partial charge in [-0.05, 0) is 42.5 Å². The largest absolute Gasteiger partial charge is 0.416 e. The molecule has 2 N–H and O–H groups in total. The SMILES string of the molecule is O=C(Nc1ccc(C(F)(F)F)cc1)c1cncc(Nc2c(F)cccc2F)c1. The molecule has 0 saturated heterocycles. The number of aromatic nitrogens is 1. The minimum atomic E-state index is -4.48. The monoisotopic (exact) mass is 393 g/mol. The predicted molar refractivity (Wildman–Crippen MR) is 93.3 cm³/mol. The maximum atomic E-state index is 13.7. The summed E-state index contributed by atoms with van der Waals surface area (Å²) in [4.78, 5) is 16.1. The third-order valence-electron chi connectivity index (χ3n) is 3.70. The molecule has 0 aliphatic carbocycles. The van der Waals surface area contributed by atoms with E-state index < -0.39 is 35.0 Å². The van der Waals surface area contributed by atoms with Crippen molar-refractivity contribution in [2.24, 2.45) is 0 Å². The number of pyridine rings is 1. The zero-order valence-corrected chi connectivity index (χ0v) is 14.0. The highest BCUT2D eigenvalue weighted by Crippen LogP contribution is 2.30. The standard InChI is InChI=1S/C19H12F5N3O/c20-15-2-1-3-16(21)17(15)26-14-8-11(9-25-10-14)18(28)27-13-6-4-12(5-7-13)19(22,23)24/h1-10,26H,(H,27,28). The molecule has 0 spiro atoms. The van der Waals surface area contributed by atoms with Crippen LogP contribution < -0.4 is 10.6 Å². The number of benzene rings is 2. The van der Waals surface area contributed by atoms with Gasteiger partial charge in [0.2, 0.25) is 0 Å². The van der Waals surface area contributed by atoms with Crippen LogP contribution in [0.3, 0.4) is 0 Å². The second kappa shape index (κ2) is 7.63. The molecular weight excluding hydrogens is 381 g/mol. The Morgan fingerprint density at radius 2 is 1.54 bits per heavy atom. The second-order valence-electron chi connectivity index (χ2n) is 5.71. The van der Waals surface area contributed by atoms with Gasteiger partial charge in [-0.15, -0.1) is 0 Å². The van der Waals surface area contributed by atoms with E-state index in [1.54, 1.807) is 0 Å². The lowest BCUT2D eigenvalue weighted by Crippen LogP contribution is -2.13. The van der Waals surface area contributed by atoms with Crippen LogP contribution >= 0.6 is 0 Å². The van der Waals surface area contributed by atoms with Crippen molar-refractivity contribution in [3.05, 3.63) is 83.7 Å². The lowest BCUT2D eigenvalue weighted by atomic mass is 10.2. The summed E-state index contributed by atoms with van der Waals surface area (Å²) in [6, 6.07) is 8.57. The van der Waals surface area contributed by atoms with Crippen LogP contribution in [0.2, 0.25) is 0 Å². The molecule has 144 valence electrons. The highest BCUT2D eigenvalue weighted by atomic mass is 19.4.